The Labute approximate surface area is 108 Å². The standard InChI is InChI=1S/C12H11N2O5/c15-2-1-10(17)6-3-8-9(14-12(19)13-8)4-7(6)11(18)5-16/h3-4,15-16H,1-2,5H2,(H,14,19). The lowest BCUT2D eigenvalue weighted by atomic mass is 9.97. The zero-order valence-corrected chi connectivity index (χ0v) is 9.84. The van der Waals surface area contributed by atoms with Gasteiger partial charge >= 0.3 is 6.03 Å². The van der Waals surface area contributed by atoms with Crippen molar-refractivity contribution in [2.24, 2.45) is 0 Å². The fraction of sp³-hybridized carbons (Fsp3) is 0.250. The second-order valence-electron chi connectivity index (χ2n) is 3.93. The number of Topliss-reactive ketones (excluding diaryl/α,β-unsaturated/α-hetero) is 2. The lowest BCUT2D eigenvalue weighted by Crippen LogP contribution is -2.13. The molecule has 0 aromatic heterocycles. The highest BCUT2D eigenvalue weighted by molar-refractivity contribution is 6.13. The smallest absolute Gasteiger partial charge is 0.346 e. The number of ketones is 2. The highest BCUT2D eigenvalue weighted by Crippen LogP contribution is 2.31. The zero-order valence-electron chi connectivity index (χ0n) is 9.84. The molecule has 99 valence electrons. The number of urea groups is 1. The van der Waals surface area contributed by atoms with E-state index in [0.717, 1.165) is 0 Å². The molecular formula is C12H11N2O5. The van der Waals surface area contributed by atoms with Gasteiger partial charge in [-0.2, -0.15) is 5.32 Å². The predicted octanol–water partition coefficient (Wildman–Crippen LogP) is 0.208. The number of nitrogens with one attached hydrogen (secondary N) is 1. The molecule has 1 heterocycles. The summed E-state index contributed by atoms with van der Waals surface area (Å²) in [5.41, 5.74) is 0.646. The molecule has 0 fully saturated rings. The minimum Gasteiger partial charge on any atom is -0.396 e. The van der Waals surface area contributed by atoms with Crippen LogP contribution < -0.4 is 10.6 Å². The molecule has 1 aliphatic rings. The van der Waals surface area contributed by atoms with Crippen molar-refractivity contribution in [3.05, 3.63) is 23.3 Å². The first-order valence-corrected chi connectivity index (χ1v) is 5.55. The van der Waals surface area contributed by atoms with Gasteiger partial charge in [-0.3, -0.25) is 9.59 Å². The molecular weight excluding hydrogens is 252 g/mol. The van der Waals surface area contributed by atoms with E-state index in [1.165, 1.54) is 12.1 Å². The molecule has 0 saturated carbocycles. The average molecular weight is 263 g/mol. The molecule has 0 spiro atoms. The van der Waals surface area contributed by atoms with Crippen molar-refractivity contribution in [2.45, 2.75) is 6.42 Å². The van der Waals surface area contributed by atoms with Crippen LogP contribution in [0.4, 0.5) is 16.2 Å². The van der Waals surface area contributed by atoms with Gasteiger partial charge in [-0.15, -0.1) is 0 Å². The normalized spacial score (nSPS) is 12.6. The molecule has 1 aromatic rings. The Morgan fingerprint density at radius 3 is 2.47 bits per heavy atom. The highest BCUT2D eigenvalue weighted by atomic mass is 16.3. The number of amides is 2. The van der Waals surface area contributed by atoms with Crippen molar-refractivity contribution in [3.63, 3.8) is 0 Å². The van der Waals surface area contributed by atoms with Gasteiger partial charge in [0.05, 0.1) is 18.0 Å². The molecule has 1 aliphatic heterocycles. The van der Waals surface area contributed by atoms with Crippen LogP contribution in [0.2, 0.25) is 0 Å². The Morgan fingerprint density at radius 2 is 1.84 bits per heavy atom. The Balaban J connectivity index is 2.51. The lowest BCUT2D eigenvalue weighted by Gasteiger charge is -2.08. The van der Waals surface area contributed by atoms with Crippen molar-refractivity contribution in [1.82, 2.24) is 5.32 Å². The second-order valence-corrected chi connectivity index (χ2v) is 3.93. The molecule has 2 rings (SSSR count). The van der Waals surface area contributed by atoms with Gasteiger partial charge < -0.3 is 15.5 Å². The van der Waals surface area contributed by atoms with Gasteiger partial charge in [0.1, 0.15) is 6.61 Å². The molecule has 7 heteroatoms. The van der Waals surface area contributed by atoms with E-state index >= 15 is 0 Å². The molecule has 0 saturated heterocycles. The van der Waals surface area contributed by atoms with E-state index in [0.29, 0.717) is 5.69 Å². The number of nitrogens with zero attached hydrogens (tertiary/aromatic N) is 1. The molecule has 0 aliphatic carbocycles. The average Bonchev–Trinajstić information content (AvgIpc) is 2.75. The number of aliphatic hydroxyl groups excluding tert-OH is 2. The van der Waals surface area contributed by atoms with Crippen LogP contribution in [0.15, 0.2) is 12.1 Å². The first-order valence-electron chi connectivity index (χ1n) is 5.55. The van der Waals surface area contributed by atoms with E-state index in [1.807, 2.05) is 0 Å². The largest absolute Gasteiger partial charge is 0.396 e. The maximum absolute atomic E-state index is 11.8. The van der Waals surface area contributed by atoms with Crippen LogP contribution >= 0.6 is 0 Å². The van der Waals surface area contributed by atoms with Gasteiger partial charge in [-0.25, -0.2) is 4.79 Å². The van der Waals surface area contributed by atoms with E-state index in [1.54, 1.807) is 0 Å². The van der Waals surface area contributed by atoms with Crippen LogP contribution in [-0.4, -0.2) is 41.0 Å². The molecule has 3 N–H and O–H groups in total. The third-order valence-corrected chi connectivity index (χ3v) is 2.68. The maximum atomic E-state index is 11.8. The van der Waals surface area contributed by atoms with E-state index in [9.17, 15) is 14.4 Å². The summed E-state index contributed by atoms with van der Waals surface area (Å²) in [6.45, 7) is -1.10. The monoisotopic (exact) mass is 263 g/mol. The van der Waals surface area contributed by atoms with Gasteiger partial charge in [0.2, 0.25) is 0 Å². The molecule has 7 nitrogen and oxygen atoms in total. The summed E-state index contributed by atoms with van der Waals surface area (Å²) in [6.07, 6.45) is -0.147. The summed E-state index contributed by atoms with van der Waals surface area (Å²) in [7, 11) is 0. The number of anilines is 1. The Bertz CT molecular complexity index is 567. The Kier molecular flexibility index (Phi) is 3.59. The lowest BCUT2D eigenvalue weighted by molar-refractivity contribution is 0.0887. The third-order valence-electron chi connectivity index (χ3n) is 2.68. The summed E-state index contributed by atoms with van der Waals surface area (Å²) in [6, 6.07) is 2.05. The molecule has 0 atom stereocenters. The number of carbonyl (C=O) groups is 3. The maximum Gasteiger partial charge on any atom is 0.346 e. The summed E-state index contributed by atoms with van der Waals surface area (Å²) >= 11 is 0. The van der Waals surface area contributed by atoms with Crippen LogP contribution in [0.25, 0.3) is 0 Å². The zero-order chi connectivity index (χ0) is 14.0. The molecule has 1 radical (unpaired) electrons. The summed E-state index contributed by atoms with van der Waals surface area (Å²) < 4.78 is 0. The van der Waals surface area contributed by atoms with Crippen molar-refractivity contribution in [3.8, 4) is 0 Å². The summed E-state index contributed by atoms with van der Waals surface area (Å²) in [5, 5.41) is 23.7. The quantitative estimate of drug-likeness (QED) is 0.656. The van der Waals surface area contributed by atoms with Crippen molar-refractivity contribution in [1.29, 1.82) is 0 Å². The SMILES string of the molecule is O=C1[N]c2cc(C(=O)CCO)c(C(=O)CO)cc2N1. The van der Waals surface area contributed by atoms with Gasteiger partial charge in [0.15, 0.2) is 11.6 Å². The van der Waals surface area contributed by atoms with Crippen LogP contribution in [0.3, 0.4) is 0 Å². The van der Waals surface area contributed by atoms with E-state index in [-0.39, 0.29) is 29.8 Å². The van der Waals surface area contributed by atoms with Crippen LogP contribution in [0, 0.1) is 0 Å². The van der Waals surface area contributed by atoms with Crippen LogP contribution in [0.5, 0.6) is 0 Å². The van der Waals surface area contributed by atoms with E-state index in [4.69, 9.17) is 10.2 Å². The van der Waals surface area contributed by atoms with Gasteiger partial charge in [-0.05, 0) is 12.1 Å². The summed E-state index contributed by atoms with van der Waals surface area (Å²) in [4.78, 5) is 34.6. The van der Waals surface area contributed by atoms with Gasteiger partial charge in [0.25, 0.3) is 0 Å². The first-order chi connectivity index (χ1) is 9.06. The van der Waals surface area contributed by atoms with E-state index in [2.05, 4.69) is 10.6 Å². The number of rotatable bonds is 5. The fourth-order valence-electron chi connectivity index (χ4n) is 1.82. The summed E-state index contributed by atoms with van der Waals surface area (Å²) in [5.74, 6) is -1.08. The number of hydrogen-bond donors (Lipinski definition) is 3. The van der Waals surface area contributed by atoms with Gasteiger partial charge in [0, 0.05) is 17.5 Å². The Morgan fingerprint density at radius 1 is 1.16 bits per heavy atom. The topological polar surface area (TPSA) is 118 Å². The number of carbonyl (C=O) groups excluding carboxylic acids is 3. The number of hydrogen-bond acceptors (Lipinski definition) is 5. The number of fused-ring (bicyclic) bond motifs is 1. The second kappa shape index (κ2) is 5.17. The van der Waals surface area contributed by atoms with E-state index < -0.39 is 24.2 Å². The minimum absolute atomic E-state index is 0.0112. The van der Waals surface area contributed by atoms with Crippen LogP contribution in [0.1, 0.15) is 27.1 Å². The van der Waals surface area contributed by atoms with Crippen molar-refractivity contribution in [2.75, 3.05) is 18.5 Å². The van der Waals surface area contributed by atoms with Crippen molar-refractivity contribution < 1.29 is 24.6 Å². The Hall–Kier alpha value is -2.25. The van der Waals surface area contributed by atoms with Crippen LogP contribution in [-0.2, 0) is 0 Å². The van der Waals surface area contributed by atoms with Gasteiger partial charge in [-0.1, -0.05) is 0 Å². The molecule has 0 unspecified atom stereocenters. The fourth-order valence-corrected chi connectivity index (χ4v) is 1.82. The molecule has 1 aromatic carbocycles. The highest BCUT2D eigenvalue weighted by Gasteiger charge is 2.25. The first kappa shape index (κ1) is 13.2. The number of benzene rings is 1. The van der Waals surface area contributed by atoms with Crippen molar-refractivity contribution >= 4 is 29.0 Å². The molecule has 0 bridgehead atoms. The minimum atomic E-state index is -0.747. The molecule has 2 amide bonds. The molecule has 19 heavy (non-hydrogen) atoms. The predicted molar refractivity (Wildman–Crippen MR) is 64.7 cm³/mol. The number of aliphatic hydroxyl groups is 2. The third kappa shape index (κ3) is 2.47.